The van der Waals surface area contributed by atoms with Crippen LogP contribution in [0.15, 0.2) is 18.2 Å². The largest absolute Gasteiger partial charge is 0.469 e. The van der Waals surface area contributed by atoms with Gasteiger partial charge in [0.25, 0.3) is 0 Å². The Morgan fingerprint density at radius 2 is 2.21 bits per heavy atom. The molecule has 0 heterocycles. The fourth-order valence-corrected chi connectivity index (χ4v) is 1.43. The molecule has 0 aliphatic carbocycles. The molecule has 1 aromatic carbocycles. The average Bonchev–Trinajstić information content (AvgIpc) is 2.20. The molecule has 0 aromatic heterocycles. The second-order valence-electron chi connectivity index (χ2n) is 2.92. The maximum atomic E-state index is 13.1. The van der Waals surface area contributed by atoms with E-state index in [1.807, 2.05) is 22.6 Å². The molecule has 14 heavy (non-hydrogen) atoms. The number of methoxy groups -OCH3 is 1. The van der Waals surface area contributed by atoms with E-state index in [0.29, 0.717) is 9.13 Å². The van der Waals surface area contributed by atoms with Gasteiger partial charge in [0, 0.05) is 3.57 Å². The summed E-state index contributed by atoms with van der Waals surface area (Å²) < 4.78 is 18.3. The lowest BCUT2D eigenvalue weighted by atomic mass is 10.0. The zero-order chi connectivity index (χ0) is 10.7. The van der Waals surface area contributed by atoms with Gasteiger partial charge in [0.15, 0.2) is 0 Å². The standard InChI is InChI=1S/C10H10FIO2/c1-6(10(13)14-2)7-3-4-9(12)8(11)5-7/h3-6H,1-2H3/t6-/m0/s1. The topological polar surface area (TPSA) is 26.3 Å². The van der Waals surface area contributed by atoms with Gasteiger partial charge in [-0.1, -0.05) is 6.07 Å². The highest BCUT2D eigenvalue weighted by Gasteiger charge is 2.16. The molecule has 0 bridgehead atoms. The molecule has 2 nitrogen and oxygen atoms in total. The number of ether oxygens (including phenoxy) is 1. The van der Waals surface area contributed by atoms with Crippen LogP contribution in [0.5, 0.6) is 0 Å². The summed E-state index contributed by atoms with van der Waals surface area (Å²) in [6.45, 7) is 1.69. The third-order valence-corrected chi connectivity index (χ3v) is 2.87. The number of hydrogen-bond acceptors (Lipinski definition) is 2. The Hall–Kier alpha value is -0.650. The lowest BCUT2D eigenvalue weighted by Gasteiger charge is -2.09. The molecule has 0 spiro atoms. The van der Waals surface area contributed by atoms with Crippen LogP contribution in [0.3, 0.4) is 0 Å². The van der Waals surface area contributed by atoms with Crippen molar-refractivity contribution in [1.82, 2.24) is 0 Å². The third kappa shape index (κ3) is 2.43. The molecule has 1 rings (SSSR count). The highest BCUT2D eigenvalue weighted by molar-refractivity contribution is 14.1. The summed E-state index contributed by atoms with van der Waals surface area (Å²) in [5, 5.41) is 0. The van der Waals surface area contributed by atoms with Crippen LogP contribution >= 0.6 is 22.6 Å². The van der Waals surface area contributed by atoms with E-state index < -0.39 is 5.92 Å². The summed E-state index contributed by atoms with van der Waals surface area (Å²) in [5.41, 5.74) is 0.634. The zero-order valence-corrected chi connectivity index (χ0v) is 10.0. The third-order valence-electron chi connectivity index (χ3n) is 2.00. The van der Waals surface area contributed by atoms with Gasteiger partial charge in [-0.3, -0.25) is 4.79 Å². The van der Waals surface area contributed by atoms with Crippen molar-refractivity contribution in [1.29, 1.82) is 0 Å². The molecule has 1 atom stereocenters. The van der Waals surface area contributed by atoms with Crippen molar-refractivity contribution in [3.05, 3.63) is 33.1 Å². The van der Waals surface area contributed by atoms with Crippen molar-refractivity contribution in [3.8, 4) is 0 Å². The number of esters is 1. The fraction of sp³-hybridized carbons (Fsp3) is 0.300. The van der Waals surface area contributed by atoms with Crippen LogP contribution in [0, 0.1) is 9.39 Å². The maximum absolute atomic E-state index is 13.1. The SMILES string of the molecule is COC(=O)[C@@H](C)c1ccc(I)c(F)c1. The maximum Gasteiger partial charge on any atom is 0.312 e. The van der Waals surface area contributed by atoms with E-state index in [9.17, 15) is 9.18 Å². The Balaban J connectivity index is 2.96. The molecular formula is C10H10FIO2. The summed E-state index contributed by atoms with van der Waals surface area (Å²) >= 11 is 1.90. The van der Waals surface area contributed by atoms with E-state index in [2.05, 4.69) is 4.74 Å². The molecule has 0 radical (unpaired) electrons. The van der Waals surface area contributed by atoms with Gasteiger partial charge in [0.05, 0.1) is 13.0 Å². The van der Waals surface area contributed by atoms with Crippen molar-refractivity contribution in [2.24, 2.45) is 0 Å². The number of benzene rings is 1. The highest BCUT2D eigenvalue weighted by Crippen LogP contribution is 2.20. The summed E-state index contributed by atoms with van der Waals surface area (Å²) in [5.74, 6) is -1.09. The minimum absolute atomic E-state index is 0.307. The smallest absolute Gasteiger partial charge is 0.312 e. The van der Waals surface area contributed by atoms with Gasteiger partial charge in [-0.15, -0.1) is 0 Å². The number of rotatable bonds is 2. The molecule has 0 saturated heterocycles. The Morgan fingerprint density at radius 1 is 1.57 bits per heavy atom. The van der Waals surface area contributed by atoms with Crippen LogP contribution in [0.2, 0.25) is 0 Å². The van der Waals surface area contributed by atoms with Gasteiger partial charge in [-0.2, -0.15) is 0 Å². The predicted molar refractivity (Wildman–Crippen MR) is 59.5 cm³/mol. The first kappa shape index (κ1) is 11.4. The van der Waals surface area contributed by atoms with Gasteiger partial charge in [-0.25, -0.2) is 4.39 Å². The lowest BCUT2D eigenvalue weighted by Crippen LogP contribution is -2.11. The van der Waals surface area contributed by atoms with Crippen molar-refractivity contribution in [2.45, 2.75) is 12.8 Å². The zero-order valence-electron chi connectivity index (χ0n) is 7.88. The monoisotopic (exact) mass is 308 g/mol. The Morgan fingerprint density at radius 3 is 2.71 bits per heavy atom. The van der Waals surface area contributed by atoms with Crippen molar-refractivity contribution < 1.29 is 13.9 Å². The molecule has 76 valence electrons. The molecule has 4 heteroatoms. The number of carbonyl (C=O) groups excluding carboxylic acids is 1. The van der Waals surface area contributed by atoms with Crippen LogP contribution in [-0.2, 0) is 9.53 Å². The lowest BCUT2D eigenvalue weighted by molar-refractivity contribution is -0.141. The highest BCUT2D eigenvalue weighted by atomic mass is 127. The van der Waals surface area contributed by atoms with Gasteiger partial charge in [0.1, 0.15) is 5.82 Å². The van der Waals surface area contributed by atoms with Crippen LogP contribution in [0.1, 0.15) is 18.4 Å². The average molecular weight is 308 g/mol. The second kappa shape index (κ2) is 4.72. The normalized spacial score (nSPS) is 12.3. The van der Waals surface area contributed by atoms with Gasteiger partial charge < -0.3 is 4.74 Å². The molecule has 0 aliphatic rings. The molecule has 1 aromatic rings. The first-order chi connectivity index (χ1) is 6.56. The van der Waals surface area contributed by atoms with E-state index in [0.717, 1.165) is 0 Å². The van der Waals surface area contributed by atoms with E-state index in [1.165, 1.54) is 13.2 Å². The van der Waals surface area contributed by atoms with E-state index in [4.69, 9.17) is 0 Å². The van der Waals surface area contributed by atoms with Crippen molar-refractivity contribution in [3.63, 3.8) is 0 Å². The van der Waals surface area contributed by atoms with Gasteiger partial charge in [0.2, 0.25) is 0 Å². The number of halogens is 2. The van der Waals surface area contributed by atoms with Crippen molar-refractivity contribution >= 4 is 28.6 Å². The molecule has 0 fully saturated rings. The minimum Gasteiger partial charge on any atom is -0.469 e. The quantitative estimate of drug-likeness (QED) is 0.620. The molecule has 0 aliphatic heterocycles. The van der Waals surface area contributed by atoms with Crippen LogP contribution < -0.4 is 0 Å². The molecular weight excluding hydrogens is 298 g/mol. The number of carbonyl (C=O) groups is 1. The summed E-state index contributed by atoms with van der Waals surface area (Å²) in [6, 6.07) is 4.74. The summed E-state index contributed by atoms with van der Waals surface area (Å²) in [4.78, 5) is 11.2. The van der Waals surface area contributed by atoms with E-state index in [1.54, 1.807) is 19.1 Å². The Bertz CT molecular complexity index is 352. The van der Waals surface area contributed by atoms with Gasteiger partial charge in [-0.05, 0) is 47.2 Å². The Kier molecular flexibility index (Phi) is 3.86. The van der Waals surface area contributed by atoms with Gasteiger partial charge >= 0.3 is 5.97 Å². The Labute approximate surface area is 95.6 Å². The van der Waals surface area contributed by atoms with Crippen LogP contribution in [0.25, 0.3) is 0 Å². The molecule has 0 saturated carbocycles. The molecule has 0 amide bonds. The first-order valence-corrected chi connectivity index (χ1v) is 5.17. The summed E-state index contributed by atoms with van der Waals surface area (Å²) in [7, 11) is 1.32. The van der Waals surface area contributed by atoms with E-state index in [-0.39, 0.29) is 11.8 Å². The predicted octanol–water partition coefficient (Wildman–Crippen LogP) is 2.71. The minimum atomic E-state index is -0.425. The van der Waals surface area contributed by atoms with Crippen LogP contribution in [-0.4, -0.2) is 13.1 Å². The first-order valence-electron chi connectivity index (χ1n) is 4.09. The van der Waals surface area contributed by atoms with Crippen molar-refractivity contribution in [2.75, 3.05) is 7.11 Å². The fourth-order valence-electron chi connectivity index (χ4n) is 1.09. The molecule has 0 unspecified atom stereocenters. The summed E-state index contributed by atoms with van der Waals surface area (Å²) in [6.07, 6.45) is 0. The second-order valence-corrected chi connectivity index (χ2v) is 4.08. The number of hydrogen-bond donors (Lipinski definition) is 0. The van der Waals surface area contributed by atoms with E-state index >= 15 is 0 Å². The molecule has 0 N–H and O–H groups in total. The van der Waals surface area contributed by atoms with Crippen LogP contribution in [0.4, 0.5) is 4.39 Å².